The maximum Gasteiger partial charge on any atom is 0.172 e. The Morgan fingerprint density at radius 1 is 1.22 bits per heavy atom. The van der Waals surface area contributed by atoms with Crippen LogP contribution in [0.25, 0.3) is 0 Å². The number of methoxy groups -OCH3 is 1. The van der Waals surface area contributed by atoms with Crippen molar-refractivity contribution in [3.63, 3.8) is 0 Å². The molecule has 23 heavy (non-hydrogen) atoms. The van der Waals surface area contributed by atoms with Gasteiger partial charge in [0.25, 0.3) is 0 Å². The van der Waals surface area contributed by atoms with Gasteiger partial charge in [0.2, 0.25) is 0 Å². The molecule has 0 atom stereocenters. The Bertz CT molecular complexity index is 747. The predicted molar refractivity (Wildman–Crippen MR) is 93.2 cm³/mol. The van der Waals surface area contributed by atoms with Gasteiger partial charge in [0.05, 0.1) is 19.2 Å². The molecular formula is C17H16Cl2N2O2. The Morgan fingerprint density at radius 3 is 2.78 bits per heavy atom. The molecule has 0 saturated heterocycles. The zero-order chi connectivity index (χ0) is 16.2. The van der Waals surface area contributed by atoms with Crippen LogP contribution < -0.4 is 14.8 Å². The summed E-state index contributed by atoms with van der Waals surface area (Å²) in [5.41, 5.74) is 1.74. The van der Waals surface area contributed by atoms with E-state index in [1.54, 1.807) is 19.2 Å². The fraction of sp³-hybridized carbons (Fsp3) is 0.235. The Kier molecular flexibility index (Phi) is 4.94. The van der Waals surface area contributed by atoms with Gasteiger partial charge in [-0.2, -0.15) is 0 Å². The Labute approximate surface area is 145 Å². The first-order valence-electron chi connectivity index (χ1n) is 7.21. The van der Waals surface area contributed by atoms with Gasteiger partial charge in [-0.05, 0) is 24.3 Å². The molecule has 0 aliphatic carbocycles. The SMILES string of the molecule is COc1cccc(C2=NCCN2)c1OCc1ccc(Cl)cc1Cl. The van der Waals surface area contributed by atoms with E-state index in [0.29, 0.717) is 28.2 Å². The van der Waals surface area contributed by atoms with Crippen LogP contribution in [0.2, 0.25) is 10.0 Å². The summed E-state index contributed by atoms with van der Waals surface area (Å²) in [4.78, 5) is 4.45. The van der Waals surface area contributed by atoms with Crippen LogP contribution in [0.4, 0.5) is 0 Å². The molecule has 2 aromatic rings. The van der Waals surface area contributed by atoms with Crippen LogP contribution in [0.5, 0.6) is 11.5 Å². The summed E-state index contributed by atoms with van der Waals surface area (Å²) in [6.45, 7) is 1.90. The lowest BCUT2D eigenvalue weighted by Crippen LogP contribution is -2.20. The number of nitrogens with one attached hydrogen (secondary N) is 1. The predicted octanol–water partition coefficient (Wildman–Crippen LogP) is 3.93. The van der Waals surface area contributed by atoms with Crippen molar-refractivity contribution in [2.75, 3.05) is 20.2 Å². The van der Waals surface area contributed by atoms with E-state index in [1.807, 2.05) is 24.3 Å². The van der Waals surface area contributed by atoms with Gasteiger partial charge in [0.15, 0.2) is 11.5 Å². The van der Waals surface area contributed by atoms with Gasteiger partial charge in [0.1, 0.15) is 12.4 Å². The summed E-state index contributed by atoms with van der Waals surface area (Å²) >= 11 is 12.1. The zero-order valence-corrected chi connectivity index (χ0v) is 14.1. The van der Waals surface area contributed by atoms with E-state index >= 15 is 0 Å². The van der Waals surface area contributed by atoms with E-state index in [1.165, 1.54) is 0 Å². The molecule has 0 bridgehead atoms. The lowest BCUT2D eigenvalue weighted by molar-refractivity contribution is 0.284. The number of rotatable bonds is 5. The molecule has 120 valence electrons. The van der Waals surface area contributed by atoms with Crippen molar-refractivity contribution in [2.24, 2.45) is 4.99 Å². The summed E-state index contributed by atoms with van der Waals surface area (Å²) < 4.78 is 11.4. The van der Waals surface area contributed by atoms with Gasteiger partial charge in [-0.1, -0.05) is 35.3 Å². The number of halogens is 2. The molecule has 0 unspecified atom stereocenters. The standard InChI is InChI=1S/C17H16Cl2N2O2/c1-22-15-4-2-3-13(17-20-7-8-21-17)16(15)23-10-11-5-6-12(18)9-14(11)19/h2-6,9H,7-8,10H2,1H3,(H,20,21). The summed E-state index contributed by atoms with van der Waals surface area (Å²) in [5, 5.41) is 4.43. The number of para-hydroxylation sites is 1. The molecule has 1 aliphatic rings. The lowest BCUT2D eigenvalue weighted by atomic mass is 10.1. The van der Waals surface area contributed by atoms with Crippen molar-refractivity contribution >= 4 is 29.0 Å². The van der Waals surface area contributed by atoms with Crippen molar-refractivity contribution in [1.29, 1.82) is 0 Å². The van der Waals surface area contributed by atoms with E-state index in [4.69, 9.17) is 32.7 Å². The molecule has 1 aliphatic heterocycles. The lowest BCUT2D eigenvalue weighted by Gasteiger charge is -2.16. The molecule has 2 aromatic carbocycles. The second kappa shape index (κ2) is 7.11. The van der Waals surface area contributed by atoms with E-state index in [9.17, 15) is 0 Å². The first-order valence-corrected chi connectivity index (χ1v) is 7.97. The quantitative estimate of drug-likeness (QED) is 0.888. The first kappa shape index (κ1) is 16.0. The van der Waals surface area contributed by atoms with E-state index in [2.05, 4.69) is 10.3 Å². The zero-order valence-electron chi connectivity index (χ0n) is 12.6. The smallest absolute Gasteiger partial charge is 0.172 e. The second-order valence-electron chi connectivity index (χ2n) is 5.02. The van der Waals surface area contributed by atoms with Crippen LogP contribution in [-0.4, -0.2) is 26.0 Å². The minimum Gasteiger partial charge on any atom is -0.493 e. The summed E-state index contributed by atoms with van der Waals surface area (Å²) in [7, 11) is 1.62. The summed E-state index contributed by atoms with van der Waals surface area (Å²) in [6.07, 6.45) is 0. The van der Waals surface area contributed by atoms with Crippen molar-refractivity contribution in [2.45, 2.75) is 6.61 Å². The highest BCUT2D eigenvalue weighted by Gasteiger charge is 2.18. The third-order valence-corrected chi connectivity index (χ3v) is 4.10. The highest BCUT2D eigenvalue weighted by atomic mass is 35.5. The number of amidine groups is 1. The molecular weight excluding hydrogens is 335 g/mol. The normalized spacial score (nSPS) is 13.4. The highest BCUT2D eigenvalue weighted by molar-refractivity contribution is 6.35. The van der Waals surface area contributed by atoms with Crippen molar-refractivity contribution in [3.8, 4) is 11.5 Å². The van der Waals surface area contributed by atoms with Gasteiger partial charge in [-0.15, -0.1) is 0 Å². The first-order chi connectivity index (χ1) is 11.2. The Morgan fingerprint density at radius 2 is 2.09 bits per heavy atom. The third-order valence-electron chi connectivity index (χ3n) is 3.52. The number of aliphatic imine (C=N–C) groups is 1. The number of ether oxygens (including phenoxy) is 2. The topological polar surface area (TPSA) is 42.8 Å². The summed E-state index contributed by atoms with van der Waals surface area (Å²) in [5.74, 6) is 2.12. The molecule has 1 N–H and O–H groups in total. The third kappa shape index (κ3) is 3.54. The van der Waals surface area contributed by atoms with Crippen LogP contribution in [-0.2, 0) is 6.61 Å². The van der Waals surface area contributed by atoms with E-state index < -0.39 is 0 Å². The van der Waals surface area contributed by atoms with Crippen molar-refractivity contribution < 1.29 is 9.47 Å². The molecule has 6 heteroatoms. The van der Waals surface area contributed by atoms with Gasteiger partial charge in [0, 0.05) is 22.2 Å². The van der Waals surface area contributed by atoms with Crippen LogP contribution in [0.15, 0.2) is 41.4 Å². The molecule has 0 fully saturated rings. The molecule has 0 saturated carbocycles. The average molecular weight is 351 g/mol. The van der Waals surface area contributed by atoms with Crippen LogP contribution in [0, 0.1) is 0 Å². The van der Waals surface area contributed by atoms with Crippen molar-refractivity contribution in [3.05, 3.63) is 57.6 Å². The van der Waals surface area contributed by atoms with Crippen LogP contribution in [0.1, 0.15) is 11.1 Å². The van der Waals surface area contributed by atoms with Crippen molar-refractivity contribution in [1.82, 2.24) is 5.32 Å². The Hall–Kier alpha value is -1.91. The minimum absolute atomic E-state index is 0.316. The average Bonchev–Trinajstić information content (AvgIpc) is 3.08. The molecule has 0 spiro atoms. The number of benzene rings is 2. The number of nitrogens with zero attached hydrogens (tertiary/aromatic N) is 1. The maximum atomic E-state index is 6.20. The Balaban J connectivity index is 1.89. The molecule has 0 amide bonds. The largest absolute Gasteiger partial charge is 0.493 e. The van der Waals surface area contributed by atoms with Gasteiger partial charge in [-0.3, -0.25) is 4.99 Å². The molecule has 1 heterocycles. The number of hydrogen-bond acceptors (Lipinski definition) is 4. The highest BCUT2D eigenvalue weighted by Crippen LogP contribution is 2.33. The van der Waals surface area contributed by atoms with Crippen LogP contribution >= 0.6 is 23.2 Å². The second-order valence-corrected chi connectivity index (χ2v) is 5.86. The molecule has 0 aromatic heterocycles. The molecule has 3 rings (SSSR count). The molecule has 0 radical (unpaired) electrons. The summed E-state index contributed by atoms with van der Waals surface area (Å²) in [6, 6.07) is 11.1. The van der Waals surface area contributed by atoms with E-state index in [0.717, 1.165) is 30.1 Å². The van der Waals surface area contributed by atoms with Gasteiger partial charge >= 0.3 is 0 Å². The fourth-order valence-electron chi connectivity index (χ4n) is 2.38. The van der Waals surface area contributed by atoms with E-state index in [-0.39, 0.29) is 0 Å². The minimum atomic E-state index is 0.316. The monoisotopic (exact) mass is 350 g/mol. The van der Waals surface area contributed by atoms with Gasteiger partial charge < -0.3 is 14.8 Å². The maximum absolute atomic E-state index is 6.20. The fourth-order valence-corrected chi connectivity index (χ4v) is 2.84. The molecule has 4 nitrogen and oxygen atoms in total. The van der Waals surface area contributed by atoms with Gasteiger partial charge in [-0.25, -0.2) is 0 Å². The number of hydrogen-bond donors (Lipinski definition) is 1. The van der Waals surface area contributed by atoms with Crippen LogP contribution in [0.3, 0.4) is 0 Å².